The molecular weight excluding hydrogens is 609 g/mol. The number of carbonyl (C=O) groups is 2. The maximum atomic E-state index is 14.0. The molecule has 3 aromatic heterocycles. The third-order valence-electron chi connectivity index (χ3n) is 7.04. The highest BCUT2D eigenvalue weighted by Gasteiger charge is 2.41. The number of ether oxygens (including phenoxy) is 2. The zero-order valence-corrected chi connectivity index (χ0v) is 24.4. The van der Waals surface area contributed by atoms with E-state index >= 15 is 0 Å². The molecule has 226 valence electrons. The zero-order chi connectivity index (χ0) is 30.7. The van der Waals surface area contributed by atoms with E-state index in [-0.39, 0.29) is 24.9 Å². The second kappa shape index (κ2) is 12.6. The summed E-state index contributed by atoms with van der Waals surface area (Å²) in [6, 6.07) is 12.0. The number of aromatic nitrogens is 3. The monoisotopic (exact) mass is 634 g/mol. The number of hydrogen-bond donors (Lipinski definition) is 1. The summed E-state index contributed by atoms with van der Waals surface area (Å²) < 4.78 is 53.3. The first-order valence-corrected chi connectivity index (χ1v) is 14.6. The SMILES string of the molecule is CCOC(=O)c1cnn(-c2cccc(-c3sccc3COc3ccc(C4CCN(C(=O)O)CC4)cc3Cl)n2)c1C(F)(F)F. The fourth-order valence-corrected chi connectivity index (χ4v) is 6.07. The Balaban J connectivity index is 1.33. The maximum Gasteiger partial charge on any atom is 0.434 e. The van der Waals surface area contributed by atoms with Crippen molar-refractivity contribution >= 4 is 35.0 Å². The zero-order valence-electron chi connectivity index (χ0n) is 22.8. The van der Waals surface area contributed by atoms with Crippen molar-refractivity contribution in [3.8, 4) is 22.1 Å². The number of esters is 1. The number of halogens is 4. The second-order valence-corrected chi connectivity index (χ2v) is 11.0. The van der Waals surface area contributed by atoms with Gasteiger partial charge in [-0.2, -0.15) is 18.3 Å². The van der Waals surface area contributed by atoms with Gasteiger partial charge >= 0.3 is 18.2 Å². The van der Waals surface area contributed by atoms with Crippen LogP contribution in [-0.2, 0) is 17.5 Å². The van der Waals surface area contributed by atoms with Crippen LogP contribution in [0.1, 0.15) is 52.9 Å². The summed E-state index contributed by atoms with van der Waals surface area (Å²) >= 11 is 7.88. The maximum absolute atomic E-state index is 14.0. The normalized spacial score (nSPS) is 14.1. The predicted molar refractivity (Wildman–Crippen MR) is 153 cm³/mol. The third-order valence-corrected chi connectivity index (χ3v) is 8.31. The van der Waals surface area contributed by atoms with Crippen LogP contribution in [0.3, 0.4) is 0 Å². The number of amides is 1. The molecule has 1 saturated heterocycles. The van der Waals surface area contributed by atoms with E-state index in [4.69, 9.17) is 21.1 Å². The Morgan fingerprint density at radius 2 is 1.93 bits per heavy atom. The molecule has 14 heteroatoms. The lowest BCUT2D eigenvalue weighted by Crippen LogP contribution is -2.36. The van der Waals surface area contributed by atoms with E-state index in [9.17, 15) is 27.9 Å². The van der Waals surface area contributed by atoms with Gasteiger partial charge in [-0.3, -0.25) is 0 Å². The quantitative estimate of drug-likeness (QED) is 0.203. The summed E-state index contributed by atoms with van der Waals surface area (Å²) in [6.07, 6.45) is -3.55. The average molecular weight is 635 g/mol. The molecule has 0 radical (unpaired) electrons. The number of carbonyl (C=O) groups excluding carboxylic acids is 1. The molecule has 0 spiro atoms. The fraction of sp³-hybridized carbons (Fsp3) is 0.310. The molecule has 1 aromatic carbocycles. The molecule has 4 aromatic rings. The van der Waals surface area contributed by atoms with Crippen molar-refractivity contribution in [2.24, 2.45) is 0 Å². The highest BCUT2D eigenvalue weighted by molar-refractivity contribution is 7.13. The summed E-state index contributed by atoms with van der Waals surface area (Å²) in [4.78, 5) is 29.9. The number of pyridine rings is 1. The first kappa shape index (κ1) is 30.4. The van der Waals surface area contributed by atoms with Gasteiger partial charge in [0.15, 0.2) is 11.5 Å². The molecule has 0 bridgehead atoms. The molecule has 1 N–H and O–H groups in total. The lowest BCUT2D eigenvalue weighted by molar-refractivity contribution is -0.143. The third kappa shape index (κ3) is 6.62. The minimum absolute atomic E-state index is 0.0817. The van der Waals surface area contributed by atoms with Gasteiger partial charge in [0.1, 0.15) is 17.9 Å². The van der Waals surface area contributed by atoms with Gasteiger partial charge in [-0.25, -0.2) is 19.3 Å². The van der Waals surface area contributed by atoms with Gasteiger partial charge in [-0.15, -0.1) is 11.3 Å². The summed E-state index contributed by atoms with van der Waals surface area (Å²) in [5.41, 5.74) is 0.208. The number of rotatable bonds is 8. The molecule has 1 fully saturated rings. The number of nitrogens with zero attached hydrogens (tertiary/aromatic N) is 4. The minimum Gasteiger partial charge on any atom is -0.487 e. The lowest BCUT2D eigenvalue weighted by Gasteiger charge is -2.30. The summed E-state index contributed by atoms with van der Waals surface area (Å²) in [5.74, 6) is -0.575. The molecule has 1 aliphatic heterocycles. The Labute approximate surface area is 253 Å². The van der Waals surface area contributed by atoms with Gasteiger partial charge in [0.05, 0.1) is 28.4 Å². The Kier molecular flexibility index (Phi) is 8.92. The van der Waals surface area contributed by atoms with E-state index in [1.165, 1.54) is 29.2 Å². The highest BCUT2D eigenvalue weighted by atomic mass is 35.5. The molecule has 0 saturated carbocycles. The number of likely N-dealkylation sites (tertiary alicyclic amines) is 1. The van der Waals surface area contributed by atoms with Gasteiger partial charge in [0, 0.05) is 18.7 Å². The first-order chi connectivity index (χ1) is 20.6. The summed E-state index contributed by atoms with van der Waals surface area (Å²) in [5, 5.41) is 15.2. The van der Waals surface area contributed by atoms with E-state index in [0.29, 0.717) is 52.0 Å². The second-order valence-electron chi connectivity index (χ2n) is 9.72. The number of carboxylic acid groups (broad SMARTS) is 1. The molecule has 9 nitrogen and oxygen atoms in total. The van der Waals surface area contributed by atoms with E-state index in [0.717, 1.165) is 17.3 Å². The molecule has 0 atom stereocenters. The van der Waals surface area contributed by atoms with Crippen molar-refractivity contribution in [2.75, 3.05) is 19.7 Å². The molecule has 43 heavy (non-hydrogen) atoms. The van der Waals surface area contributed by atoms with E-state index < -0.39 is 29.5 Å². The minimum atomic E-state index is -4.89. The number of alkyl halides is 3. The number of benzene rings is 1. The summed E-state index contributed by atoms with van der Waals surface area (Å²) in [7, 11) is 0. The molecule has 0 unspecified atom stereocenters. The van der Waals surface area contributed by atoms with Crippen LogP contribution in [0.15, 0.2) is 54.0 Å². The van der Waals surface area contributed by atoms with Gasteiger partial charge in [0.25, 0.3) is 0 Å². The van der Waals surface area contributed by atoms with Crippen LogP contribution in [0.4, 0.5) is 18.0 Å². The molecule has 4 heterocycles. The smallest absolute Gasteiger partial charge is 0.434 e. The van der Waals surface area contributed by atoms with Crippen molar-refractivity contribution in [1.82, 2.24) is 19.7 Å². The van der Waals surface area contributed by atoms with Crippen molar-refractivity contribution < 1.29 is 37.3 Å². The van der Waals surface area contributed by atoms with Crippen LogP contribution >= 0.6 is 22.9 Å². The molecular formula is C29H26ClF3N4O5S. The van der Waals surface area contributed by atoms with E-state index in [1.54, 1.807) is 18.2 Å². The van der Waals surface area contributed by atoms with Crippen molar-refractivity contribution in [1.29, 1.82) is 0 Å². The van der Waals surface area contributed by atoms with Crippen LogP contribution in [0.25, 0.3) is 16.4 Å². The van der Waals surface area contributed by atoms with Gasteiger partial charge in [-0.05, 0) is 67.0 Å². The van der Waals surface area contributed by atoms with E-state index in [1.807, 2.05) is 23.6 Å². The number of piperidine rings is 1. The molecule has 0 aliphatic carbocycles. The topological polar surface area (TPSA) is 107 Å². The van der Waals surface area contributed by atoms with Gasteiger partial charge < -0.3 is 19.5 Å². The summed E-state index contributed by atoms with van der Waals surface area (Å²) in [6.45, 7) is 2.49. The Morgan fingerprint density at radius 3 is 2.60 bits per heavy atom. The van der Waals surface area contributed by atoms with E-state index in [2.05, 4.69) is 10.1 Å². The van der Waals surface area contributed by atoms with Crippen molar-refractivity contribution in [3.63, 3.8) is 0 Å². The van der Waals surface area contributed by atoms with Crippen LogP contribution < -0.4 is 4.74 Å². The highest BCUT2D eigenvalue weighted by Crippen LogP contribution is 2.37. The van der Waals surface area contributed by atoms with Crippen molar-refractivity contribution in [2.45, 2.75) is 38.5 Å². The molecule has 5 rings (SSSR count). The average Bonchev–Trinajstić information content (AvgIpc) is 3.65. The Bertz CT molecular complexity index is 1630. The number of thiophene rings is 1. The van der Waals surface area contributed by atoms with Crippen LogP contribution in [0.5, 0.6) is 5.75 Å². The van der Waals surface area contributed by atoms with Gasteiger partial charge in [0.2, 0.25) is 0 Å². The number of hydrogen-bond acceptors (Lipinski definition) is 7. The van der Waals surface area contributed by atoms with Crippen LogP contribution in [0.2, 0.25) is 5.02 Å². The van der Waals surface area contributed by atoms with Crippen LogP contribution in [0, 0.1) is 0 Å². The predicted octanol–water partition coefficient (Wildman–Crippen LogP) is 7.28. The molecule has 1 aliphatic rings. The first-order valence-electron chi connectivity index (χ1n) is 13.3. The van der Waals surface area contributed by atoms with Crippen LogP contribution in [-0.4, -0.2) is 56.5 Å². The largest absolute Gasteiger partial charge is 0.487 e. The fourth-order valence-electron chi connectivity index (χ4n) is 4.94. The standard InChI is InChI=1S/C29H26ClF3N4O5S/c1-2-41-27(38)20-15-34-37(26(20)29(31,32)33)24-5-3-4-22(35-24)25-19(10-13-43-25)16-42-23-7-6-18(14-21(23)30)17-8-11-36(12-9-17)28(39)40/h3-7,10,13-15,17H,2,8-9,11-12,16H2,1H3,(H,39,40). The molecule has 1 amide bonds. The van der Waals surface area contributed by atoms with Crippen molar-refractivity contribution in [3.05, 3.63) is 81.4 Å². The Morgan fingerprint density at radius 1 is 1.16 bits per heavy atom. The lowest BCUT2D eigenvalue weighted by atomic mass is 9.89. The Hall–Kier alpha value is -4.10. The van der Waals surface area contributed by atoms with Gasteiger partial charge in [-0.1, -0.05) is 23.7 Å².